The second kappa shape index (κ2) is 9.42. The molecule has 0 aliphatic heterocycles. The van der Waals surface area contributed by atoms with Crippen molar-refractivity contribution in [1.29, 1.82) is 0 Å². The Morgan fingerprint density at radius 3 is 2.40 bits per heavy atom. The molecule has 0 spiro atoms. The number of carbonyl (C=O) groups is 1. The summed E-state index contributed by atoms with van der Waals surface area (Å²) in [6.07, 6.45) is -0.566. The van der Waals surface area contributed by atoms with Crippen molar-refractivity contribution in [2.45, 2.75) is 53.7 Å². The number of rotatable bonds is 7. The Morgan fingerprint density at radius 2 is 1.88 bits per heavy atom. The Labute approximate surface area is 151 Å². The highest BCUT2D eigenvalue weighted by molar-refractivity contribution is 5.99. The number of hydrogen-bond donors (Lipinski definition) is 1. The smallest absolute Gasteiger partial charge is 0.428 e. The Morgan fingerprint density at radius 1 is 1.24 bits per heavy atom. The molecule has 0 atom stereocenters. The van der Waals surface area contributed by atoms with E-state index < -0.39 is 11.7 Å². The number of nitrogens with zero attached hydrogens (tertiary/aromatic N) is 2. The zero-order valence-electron chi connectivity index (χ0n) is 16.5. The standard InChI is InChI=1S/C19H31N3O3/c1-8-22(9-2)13-16-12-15(10-11-17(16)24-7)14(3)20-21-18(23)25-19(4,5)6/h10-12H,8-9,13H2,1-7H3,(H,21,23)/b20-14-. The number of methoxy groups -OCH3 is 1. The van der Waals surface area contributed by atoms with Crippen molar-refractivity contribution < 1.29 is 14.3 Å². The fraction of sp³-hybridized carbons (Fsp3) is 0.579. The van der Waals surface area contributed by atoms with Crippen LogP contribution in [0.5, 0.6) is 5.75 Å². The van der Waals surface area contributed by atoms with Crippen molar-refractivity contribution in [3.8, 4) is 5.75 Å². The number of benzene rings is 1. The maximum absolute atomic E-state index is 11.7. The van der Waals surface area contributed by atoms with E-state index in [2.05, 4.69) is 29.3 Å². The van der Waals surface area contributed by atoms with Crippen LogP contribution in [-0.4, -0.2) is 42.5 Å². The van der Waals surface area contributed by atoms with Gasteiger partial charge in [0, 0.05) is 12.1 Å². The lowest BCUT2D eigenvalue weighted by molar-refractivity contribution is 0.0529. The van der Waals surface area contributed by atoms with Crippen LogP contribution in [0.4, 0.5) is 4.79 Å². The van der Waals surface area contributed by atoms with Gasteiger partial charge in [-0.05, 0) is 64.5 Å². The van der Waals surface area contributed by atoms with Crippen LogP contribution >= 0.6 is 0 Å². The van der Waals surface area contributed by atoms with Gasteiger partial charge < -0.3 is 9.47 Å². The van der Waals surface area contributed by atoms with Gasteiger partial charge in [0.05, 0.1) is 12.8 Å². The van der Waals surface area contributed by atoms with Crippen LogP contribution in [0, 0.1) is 0 Å². The molecular weight excluding hydrogens is 318 g/mol. The monoisotopic (exact) mass is 349 g/mol. The molecule has 0 aromatic heterocycles. The van der Waals surface area contributed by atoms with Crippen molar-refractivity contribution in [2.75, 3.05) is 20.2 Å². The SMILES string of the molecule is CCN(CC)Cc1cc(/C(C)=N\NC(=O)OC(C)(C)C)ccc1OC. The topological polar surface area (TPSA) is 63.2 Å². The van der Waals surface area contributed by atoms with E-state index in [9.17, 15) is 4.79 Å². The maximum atomic E-state index is 11.7. The largest absolute Gasteiger partial charge is 0.496 e. The van der Waals surface area contributed by atoms with Gasteiger partial charge in [-0.3, -0.25) is 4.90 Å². The summed E-state index contributed by atoms with van der Waals surface area (Å²) in [4.78, 5) is 14.0. The Bertz CT molecular complexity index is 602. The molecule has 0 radical (unpaired) electrons. The van der Waals surface area contributed by atoms with Crippen LogP contribution < -0.4 is 10.2 Å². The molecule has 0 fully saturated rings. The summed E-state index contributed by atoms with van der Waals surface area (Å²) in [7, 11) is 1.67. The normalized spacial score (nSPS) is 12.2. The summed E-state index contributed by atoms with van der Waals surface area (Å²) in [5.41, 5.74) is 4.61. The molecule has 0 unspecified atom stereocenters. The molecule has 0 aliphatic carbocycles. The first-order valence-electron chi connectivity index (χ1n) is 8.63. The lowest BCUT2D eigenvalue weighted by atomic mass is 10.1. The van der Waals surface area contributed by atoms with Gasteiger partial charge in [-0.25, -0.2) is 10.2 Å². The maximum Gasteiger partial charge on any atom is 0.428 e. The highest BCUT2D eigenvalue weighted by Gasteiger charge is 2.16. The highest BCUT2D eigenvalue weighted by Crippen LogP contribution is 2.22. The minimum atomic E-state index is -0.566. The summed E-state index contributed by atoms with van der Waals surface area (Å²) in [5, 5.41) is 4.13. The second-order valence-electron chi connectivity index (χ2n) is 6.80. The number of carbonyl (C=O) groups excluding carboxylic acids is 1. The zero-order valence-corrected chi connectivity index (χ0v) is 16.5. The summed E-state index contributed by atoms with van der Waals surface area (Å²) >= 11 is 0. The van der Waals surface area contributed by atoms with E-state index in [1.54, 1.807) is 7.11 Å². The molecule has 1 rings (SSSR count). The third-order valence-corrected chi connectivity index (χ3v) is 3.70. The van der Waals surface area contributed by atoms with Gasteiger partial charge in [0.15, 0.2) is 0 Å². The van der Waals surface area contributed by atoms with Crippen LogP contribution in [0.3, 0.4) is 0 Å². The van der Waals surface area contributed by atoms with E-state index in [1.807, 2.05) is 45.9 Å². The number of hydrogen-bond acceptors (Lipinski definition) is 5. The molecule has 0 heterocycles. The van der Waals surface area contributed by atoms with E-state index in [0.717, 1.165) is 36.5 Å². The van der Waals surface area contributed by atoms with Crippen LogP contribution in [-0.2, 0) is 11.3 Å². The van der Waals surface area contributed by atoms with Crippen LogP contribution in [0.1, 0.15) is 52.7 Å². The predicted octanol–water partition coefficient (Wildman–Crippen LogP) is 3.79. The van der Waals surface area contributed by atoms with Crippen LogP contribution in [0.15, 0.2) is 23.3 Å². The number of ether oxygens (including phenoxy) is 2. The zero-order chi connectivity index (χ0) is 19.0. The first-order valence-corrected chi connectivity index (χ1v) is 8.63. The molecule has 1 N–H and O–H groups in total. The van der Waals surface area contributed by atoms with E-state index in [4.69, 9.17) is 9.47 Å². The van der Waals surface area contributed by atoms with Crippen molar-refractivity contribution in [1.82, 2.24) is 10.3 Å². The summed E-state index contributed by atoms with van der Waals surface area (Å²) in [6, 6.07) is 5.91. The van der Waals surface area contributed by atoms with Gasteiger partial charge >= 0.3 is 6.09 Å². The third-order valence-electron chi connectivity index (χ3n) is 3.70. The molecule has 1 amide bonds. The van der Waals surface area contributed by atoms with Gasteiger partial charge in [-0.15, -0.1) is 0 Å². The first kappa shape index (κ1) is 21.0. The average Bonchev–Trinajstić information content (AvgIpc) is 2.55. The van der Waals surface area contributed by atoms with Crippen molar-refractivity contribution in [3.05, 3.63) is 29.3 Å². The molecule has 0 bridgehead atoms. The summed E-state index contributed by atoms with van der Waals surface area (Å²) in [6.45, 7) is 14.3. The number of amides is 1. The number of hydrazone groups is 1. The molecular formula is C19H31N3O3. The van der Waals surface area contributed by atoms with Gasteiger partial charge in [0.1, 0.15) is 11.4 Å². The van der Waals surface area contributed by atoms with Gasteiger partial charge in [-0.2, -0.15) is 5.10 Å². The van der Waals surface area contributed by atoms with Crippen LogP contribution in [0.25, 0.3) is 0 Å². The molecule has 6 heteroatoms. The third kappa shape index (κ3) is 7.13. The van der Waals surface area contributed by atoms with Crippen LogP contribution in [0.2, 0.25) is 0 Å². The highest BCUT2D eigenvalue weighted by atomic mass is 16.6. The van der Waals surface area contributed by atoms with Crippen molar-refractivity contribution in [2.24, 2.45) is 5.10 Å². The lowest BCUT2D eigenvalue weighted by Gasteiger charge is -2.20. The lowest BCUT2D eigenvalue weighted by Crippen LogP contribution is -2.30. The Hall–Kier alpha value is -2.08. The quantitative estimate of drug-likeness (QED) is 0.601. The van der Waals surface area contributed by atoms with Crippen molar-refractivity contribution >= 4 is 11.8 Å². The molecule has 0 aliphatic rings. The molecule has 6 nitrogen and oxygen atoms in total. The first-order chi connectivity index (χ1) is 11.7. The molecule has 0 saturated heterocycles. The minimum absolute atomic E-state index is 0.551. The molecule has 1 aromatic rings. The second-order valence-corrected chi connectivity index (χ2v) is 6.80. The minimum Gasteiger partial charge on any atom is -0.496 e. The van der Waals surface area contributed by atoms with Gasteiger partial charge in [0.2, 0.25) is 0 Å². The summed E-state index contributed by atoms with van der Waals surface area (Å²) < 4.78 is 10.6. The molecule has 140 valence electrons. The fourth-order valence-electron chi connectivity index (χ4n) is 2.31. The van der Waals surface area contributed by atoms with E-state index in [1.165, 1.54) is 0 Å². The van der Waals surface area contributed by atoms with E-state index in [0.29, 0.717) is 5.71 Å². The van der Waals surface area contributed by atoms with Gasteiger partial charge in [0.25, 0.3) is 0 Å². The molecule has 25 heavy (non-hydrogen) atoms. The molecule has 1 aromatic carbocycles. The Balaban J connectivity index is 2.93. The fourth-order valence-corrected chi connectivity index (χ4v) is 2.31. The Kier molecular flexibility index (Phi) is 7.90. The molecule has 0 saturated carbocycles. The van der Waals surface area contributed by atoms with Crippen molar-refractivity contribution in [3.63, 3.8) is 0 Å². The van der Waals surface area contributed by atoms with E-state index in [-0.39, 0.29) is 0 Å². The average molecular weight is 349 g/mol. The van der Waals surface area contributed by atoms with Gasteiger partial charge in [-0.1, -0.05) is 13.8 Å². The summed E-state index contributed by atoms with van der Waals surface area (Å²) in [5.74, 6) is 0.851. The predicted molar refractivity (Wildman–Crippen MR) is 101 cm³/mol. The van der Waals surface area contributed by atoms with E-state index >= 15 is 0 Å². The number of nitrogens with one attached hydrogen (secondary N) is 1.